The summed E-state index contributed by atoms with van der Waals surface area (Å²) in [5, 5.41) is 50.9. The number of hydrogen-bond acceptors (Lipinski definition) is 8. The molecule has 0 bridgehead atoms. The molecule has 5 unspecified atom stereocenters. The monoisotopic (exact) mass is 405 g/mol. The molecule has 1 aliphatic heterocycles. The van der Waals surface area contributed by atoms with E-state index in [0.717, 1.165) is 0 Å². The molecule has 0 aromatic heterocycles. The largest absolute Gasteiger partial charge is 0.479 e. The number of aliphatic hydroxyl groups is 3. The van der Waals surface area contributed by atoms with Crippen molar-refractivity contribution in [2.24, 2.45) is 0 Å². The van der Waals surface area contributed by atoms with Crippen molar-refractivity contribution >= 4 is 23.3 Å². The van der Waals surface area contributed by atoms with Gasteiger partial charge in [0.05, 0.1) is 11.3 Å². The molecular formula is C19H19NO9. The fraction of sp³-hybridized carbons (Fsp3) is 0.263. The summed E-state index contributed by atoms with van der Waals surface area (Å²) in [4.78, 5) is 22.5. The van der Waals surface area contributed by atoms with Crippen LogP contribution in [-0.2, 0) is 9.53 Å². The van der Waals surface area contributed by atoms with Gasteiger partial charge in [0.15, 0.2) is 6.10 Å². The van der Waals surface area contributed by atoms with Gasteiger partial charge in [-0.05, 0) is 24.3 Å². The third kappa shape index (κ3) is 4.46. The van der Waals surface area contributed by atoms with E-state index >= 15 is 0 Å². The summed E-state index contributed by atoms with van der Waals surface area (Å²) >= 11 is 0. The first-order chi connectivity index (χ1) is 13.8. The highest BCUT2D eigenvalue weighted by Gasteiger charge is 2.48. The van der Waals surface area contributed by atoms with E-state index in [9.17, 15) is 30.0 Å². The maximum atomic E-state index is 11.3. The van der Waals surface area contributed by atoms with E-state index in [1.165, 1.54) is 18.2 Å². The van der Waals surface area contributed by atoms with Crippen LogP contribution in [0.5, 0.6) is 5.75 Å². The summed E-state index contributed by atoms with van der Waals surface area (Å²) < 4.78 is 10.5. The average Bonchev–Trinajstić information content (AvgIpc) is 2.68. The first kappa shape index (κ1) is 20.6. The van der Waals surface area contributed by atoms with Crippen molar-refractivity contribution in [2.75, 3.05) is 5.32 Å². The third-order valence-electron chi connectivity index (χ3n) is 4.34. The lowest BCUT2D eigenvalue weighted by atomic mass is 9.99. The molecule has 0 saturated carbocycles. The molecule has 2 aromatic carbocycles. The molecule has 0 spiro atoms. The summed E-state index contributed by atoms with van der Waals surface area (Å²) in [7, 11) is 0. The number of nitrogens with one attached hydrogen (secondary N) is 1. The normalized spacial score (nSPS) is 26.5. The molecule has 0 radical (unpaired) electrons. The third-order valence-corrected chi connectivity index (χ3v) is 4.34. The van der Waals surface area contributed by atoms with Crippen LogP contribution in [0, 0.1) is 0 Å². The maximum absolute atomic E-state index is 11.3. The van der Waals surface area contributed by atoms with E-state index in [0.29, 0.717) is 11.4 Å². The number of carboxylic acid groups (broad SMARTS) is 2. The molecule has 154 valence electrons. The predicted octanol–water partition coefficient (Wildman–Crippen LogP) is 0.399. The number of benzene rings is 2. The van der Waals surface area contributed by atoms with E-state index in [2.05, 4.69) is 5.32 Å². The Balaban J connectivity index is 1.78. The van der Waals surface area contributed by atoms with Crippen molar-refractivity contribution in [3.63, 3.8) is 0 Å². The number of rotatable bonds is 6. The van der Waals surface area contributed by atoms with Crippen LogP contribution >= 0.6 is 0 Å². The summed E-state index contributed by atoms with van der Waals surface area (Å²) in [5.41, 5.74) is 0.860. The Labute approximate surface area is 164 Å². The van der Waals surface area contributed by atoms with Gasteiger partial charge >= 0.3 is 11.9 Å². The predicted molar refractivity (Wildman–Crippen MR) is 98.1 cm³/mol. The van der Waals surface area contributed by atoms with Crippen LogP contribution in [-0.4, -0.2) is 68.2 Å². The minimum atomic E-state index is -1.82. The molecule has 1 fully saturated rings. The van der Waals surface area contributed by atoms with Gasteiger partial charge in [-0.15, -0.1) is 0 Å². The van der Waals surface area contributed by atoms with Crippen LogP contribution in [0.15, 0.2) is 48.5 Å². The van der Waals surface area contributed by atoms with Crippen molar-refractivity contribution in [1.82, 2.24) is 0 Å². The zero-order chi connectivity index (χ0) is 21.1. The standard InChI is InChI=1S/C19H19NO9/c21-13-14(22)16(18(26)27)29-19(15(13)23)28-10-5-3-4-9(8-10)20-12-7-2-1-6-11(12)17(24)25/h1-8,13-16,19-23H,(H,24,25)(H,26,27). The molecule has 1 saturated heterocycles. The van der Waals surface area contributed by atoms with E-state index < -0.39 is 42.6 Å². The number of hydrogen-bond donors (Lipinski definition) is 6. The number of ether oxygens (including phenoxy) is 2. The number of anilines is 2. The van der Waals surface area contributed by atoms with E-state index in [1.54, 1.807) is 30.3 Å². The van der Waals surface area contributed by atoms with Crippen LogP contribution in [0.3, 0.4) is 0 Å². The Morgan fingerprint density at radius 3 is 2.34 bits per heavy atom. The van der Waals surface area contributed by atoms with Gasteiger partial charge < -0.3 is 40.3 Å². The highest BCUT2D eigenvalue weighted by molar-refractivity contribution is 5.95. The van der Waals surface area contributed by atoms with Crippen LogP contribution in [0.4, 0.5) is 11.4 Å². The van der Waals surface area contributed by atoms with E-state index in [-0.39, 0.29) is 11.3 Å². The fourth-order valence-corrected chi connectivity index (χ4v) is 2.86. The summed E-state index contributed by atoms with van der Waals surface area (Å²) in [6, 6.07) is 12.5. The number of aliphatic hydroxyl groups excluding tert-OH is 3. The van der Waals surface area contributed by atoms with Gasteiger partial charge in [-0.25, -0.2) is 9.59 Å². The van der Waals surface area contributed by atoms with Crippen molar-refractivity contribution < 1.29 is 44.6 Å². The summed E-state index contributed by atoms with van der Waals surface area (Å²) in [6.45, 7) is 0. The second-order valence-electron chi connectivity index (χ2n) is 6.36. The second-order valence-corrected chi connectivity index (χ2v) is 6.36. The number of para-hydroxylation sites is 1. The van der Waals surface area contributed by atoms with Gasteiger partial charge in [0.25, 0.3) is 0 Å². The van der Waals surface area contributed by atoms with Crippen LogP contribution in [0.1, 0.15) is 10.4 Å². The molecule has 10 nitrogen and oxygen atoms in total. The second kappa shape index (κ2) is 8.45. The highest BCUT2D eigenvalue weighted by Crippen LogP contribution is 2.28. The molecule has 1 heterocycles. The topological polar surface area (TPSA) is 166 Å². The van der Waals surface area contributed by atoms with Crippen LogP contribution in [0.25, 0.3) is 0 Å². The van der Waals surface area contributed by atoms with Gasteiger partial charge in [0, 0.05) is 11.8 Å². The molecule has 10 heteroatoms. The van der Waals surface area contributed by atoms with Gasteiger partial charge in [0.2, 0.25) is 6.29 Å². The zero-order valence-electron chi connectivity index (χ0n) is 14.9. The Hall–Kier alpha value is -3.18. The van der Waals surface area contributed by atoms with Crippen LogP contribution < -0.4 is 10.1 Å². The van der Waals surface area contributed by atoms with Crippen molar-refractivity contribution in [1.29, 1.82) is 0 Å². The molecule has 0 aliphatic carbocycles. The fourth-order valence-electron chi connectivity index (χ4n) is 2.86. The molecule has 5 atom stereocenters. The first-order valence-electron chi connectivity index (χ1n) is 8.56. The molecular weight excluding hydrogens is 386 g/mol. The van der Waals surface area contributed by atoms with Crippen LogP contribution in [0.2, 0.25) is 0 Å². The average molecular weight is 405 g/mol. The lowest BCUT2D eigenvalue weighted by Gasteiger charge is -2.38. The Morgan fingerprint density at radius 1 is 0.931 bits per heavy atom. The number of carboxylic acids is 2. The molecule has 3 rings (SSSR count). The smallest absolute Gasteiger partial charge is 0.337 e. The lowest BCUT2D eigenvalue weighted by Crippen LogP contribution is -2.61. The molecule has 1 aliphatic rings. The van der Waals surface area contributed by atoms with Gasteiger partial charge in [-0.2, -0.15) is 0 Å². The van der Waals surface area contributed by atoms with E-state index in [1.807, 2.05) is 0 Å². The summed E-state index contributed by atoms with van der Waals surface area (Å²) in [6.07, 6.45) is -8.61. The zero-order valence-corrected chi connectivity index (χ0v) is 14.9. The van der Waals surface area contributed by atoms with E-state index in [4.69, 9.17) is 14.6 Å². The SMILES string of the molecule is O=C(O)c1ccccc1Nc1cccc(OC2OC(C(=O)O)C(O)C(O)C2O)c1. The van der Waals surface area contributed by atoms with Gasteiger partial charge in [-0.3, -0.25) is 0 Å². The van der Waals surface area contributed by atoms with Crippen molar-refractivity contribution in [3.05, 3.63) is 54.1 Å². The molecule has 2 aromatic rings. The Kier molecular flexibility index (Phi) is 5.99. The molecule has 0 amide bonds. The Bertz CT molecular complexity index is 903. The number of aromatic carboxylic acids is 1. The highest BCUT2D eigenvalue weighted by atomic mass is 16.7. The summed E-state index contributed by atoms with van der Waals surface area (Å²) in [5.74, 6) is -2.47. The maximum Gasteiger partial charge on any atom is 0.337 e. The number of aliphatic carboxylic acids is 1. The van der Waals surface area contributed by atoms with Gasteiger partial charge in [-0.1, -0.05) is 18.2 Å². The Morgan fingerprint density at radius 2 is 1.66 bits per heavy atom. The molecule has 29 heavy (non-hydrogen) atoms. The minimum absolute atomic E-state index is 0.0614. The number of carbonyl (C=O) groups is 2. The lowest BCUT2D eigenvalue weighted by molar-refractivity contribution is -0.271. The van der Waals surface area contributed by atoms with Crippen molar-refractivity contribution in [2.45, 2.75) is 30.7 Å². The van der Waals surface area contributed by atoms with Crippen molar-refractivity contribution in [3.8, 4) is 5.75 Å². The quantitative estimate of drug-likeness (QED) is 0.396. The molecule has 6 N–H and O–H groups in total. The first-order valence-corrected chi connectivity index (χ1v) is 8.56. The van der Waals surface area contributed by atoms with Gasteiger partial charge in [0.1, 0.15) is 24.1 Å². The minimum Gasteiger partial charge on any atom is -0.479 e.